The largest absolute Gasteiger partial charge is 0.456 e. The van der Waals surface area contributed by atoms with E-state index in [-0.39, 0.29) is 26.0 Å². The number of anilines is 1. The van der Waals surface area contributed by atoms with Gasteiger partial charge in [0.2, 0.25) is 0 Å². The van der Waals surface area contributed by atoms with Crippen LogP contribution in [0.25, 0.3) is 33.7 Å². The predicted molar refractivity (Wildman–Crippen MR) is 180 cm³/mol. The smallest absolute Gasteiger partial charge is 0.301 e. The Hall–Kier alpha value is -3.04. The summed E-state index contributed by atoms with van der Waals surface area (Å²) < 4.78 is 40.8. The lowest BCUT2D eigenvalue weighted by molar-refractivity contribution is 0.00336. The molecule has 11 nitrogen and oxygen atoms in total. The molecule has 5 atom stereocenters. The summed E-state index contributed by atoms with van der Waals surface area (Å²) in [4.78, 5) is 14.2. The molecular weight excluding hydrogens is 634 g/mol. The van der Waals surface area contributed by atoms with E-state index in [9.17, 15) is 9.32 Å². The number of hydrogen-bond donors (Lipinski definition) is 2. The monoisotopic (exact) mass is 671 g/mol. The molecule has 3 aromatic heterocycles. The number of aliphatic hydroxyl groups excluding tert-OH is 1. The lowest BCUT2D eigenvalue weighted by Gasteiger charge is -2.19. The Balaban J connectivity index is 1.30. The van der Waals surface area contributed by atoms with Crippen molar-refractivity contribution in [2.24, 2.45) is 0 Å². The molecule has 6 rings (SSSR count). The first-order valence-corrected chi connectivity index (χ1v) is 21.0. The molecule has 0 saturated carbocycles. The van der Waals surface area contributed by atoms with Crippen LogP contribution in [0.4, 0.5) is 5.69 Å². The minimum atomic E-state index is -2.42. The molecule has 0 amide bonds. The first-order chi connectivity index (χ1) is 21.3. The van der Waals surface area contributed by atoms with Gasteiger partial charge >= 0.3 is 6.01 Å². The zero-order valence-electron chi connectivity index (χ0n) is 25.7. The number of rotatable bonds is 11. The van der Waals surface area contributed by atoms with Crippen LogP contribution in [0.3, 0.4) is 0 Å². The number of ether oxygens (including phenoxy) is 4. The number of fused-ring (bicyclic) bond motifs is 2. The van der Waals surface area contributed by atoms with Crippen LogP contribution in [0.15, 0.2) is 48.7 Å². The molecule has 2 N–H and O–H groups in total. The molecule has 0 spiro atoms. The van der Waals surface area contributed by atoms with Crippen LogP contribution in [0.5, 0.6) is 6.01 Å². The minimum absolute atomic E-state index is 0.196. The second kappa shape index (κ2) is 12.6. The van der Waals surface area contributed by atoms with Crippen molar-refractivity contribution in [2.45, 2.75) is 56.8 Å². The van der Waals surface area contributed by atoms with Crippen molar-refractivity contribution >= 4 is 52.1 Å². The van der Waals surface area contributed by atoms with Gasteiger partial charge in [-0.25, -0.2) is 9.19 Å². The molecule has 45 heavy (non-hydrogen) atoms. The highest BCUT2D eigenvalue weighted by Gasteiger charge is 2.49. The Morgan fingerprint density at radius 2 is 1.84 bits per heavy atom. The van der Waals surface area contributed by atoms with Crippen LogP contribution in [0.1, 0.15) is 0 Å². The van der Waals surface area contributed by atoms with Crippen molar-refractivity contribution in [1.82, 2.24) is 19.5 Å². The van der Waals surface area contributed by atoms with Gasteiger partial charge in [-0.05, 0) is 30.1 Å². The highest BCUT2D eigenvalue weighted by molar-refractivity contribution is 8.00. The fraction of sp³-hybridized carbons (Fsp3) is 0.419. The zero-order chi connectivity index (χ0) is 31.9. The van der Waals surface area contributed by atoms with Crippen molar-refractivity contribution < 1.29 is 28.3 Å². The van der Waals surface area contributed by atoms with Crippen LogP contribution < -0.4 is 9.46 Å². The number of aliphatic hydroxyl groups is 1. The summed E-state index contributed by atoms with van der Waals surface area (Å²) in [5, 5.41) is 10.6. The molecular formula is C31H38ClN5O6SSi. The van der Waals surface area contributed by atoms with Crippen molar-refractivity contribution in [3.63, 3.8) is 0 Å². The normalized spacial score (nSPS) is 22.8. The molecule has 5 heterocycles. The first kappa shape index (κ1) is 31.9. The summed E-state index contributed by atoms with van der Waals surface area (Å²) in [5.41, 5.74) is 4.80. The number of imidazole rings is 1. The fourth-order valence-corrected chi connectivity index (χ4v) is 6.96. The van der Waals surface area contributed by atoms with Crippen LogP contribution in [0, 0.1) is 0 Å². The predicted octanol–water partition coefficient (Wildman–Crippen LogP) is 4.71. The van der Waals surface area contributed by atoms with Gasteiger partial charge in [0.15, 0.2) is 11.8 Å². The Morgan fingerprint density at radius 3 is 2.58 bits per heavy atom. The summed E-state index contributed by atoms with van der Waals surface area (Å²) in [6, 6.07) is 14.4. The van der Waals surface area contributed by atoms with Crippen LogP contribution >= 0.6 is 11.6 Å². The van der Waals surface area contributed by atoms with Crippen molar-refractivity contribution in [3.8, 4) is 28.5 Å². The summed E-state index contributed by atoms with van der Waals surface area (Å²) in [7, 11) is -3.71. The molecule has 240 valence electrons. The fourth-order valence-electron chi connectivity index (χ4n) is 5.33. The number of halogens is 1. The third kappa shape index (κ3) is 7.35. The topological polar surface area (TPSA) is 130 Å². The third-order valence-electron chi connectivity index (χ3n) is 7.64. The van der Waals surface area contributed by atoms with Gasteiger partial charge in [-0.15, -0.1) is 0 Å². The Kier molecular flexibility index (Phi) is 8.96. The van der Waals surface area contributed by atoms with Crippen molar-refractivity contribution in [2.75, 3.05) is 30.8 Å². The maximum atomic E-state index is 12.1. The Bertz CT molecular complexity index is 1800. The second-order valence-corrected chi connectivity index (χ2v) is 21.0. The van der Waals surface area contributed by atoms with Gasteiger partial charge in [-0.2, -0.15) is 4.98 Å². The van der Waals surface area contributed by atoms with E-state index in [4.69, 9.17) is 40.5 Å². The number of nitrogens with zero attached hydrogens (tertiary/aromatic N) is 4. The summed E-state index contributed by atoms with van der Waals surface area (Å²) in [6.07, 6.45) is 1.28. The van der Waals surface area contributed by atoms with E-state index in [0.717, 1.165) is 22.9 Å². The average molecular weight is 672 g/mol. The molecule has 2 aliphatic rings. The SMILES string of the molecule is C=S(C)(=O)Nc1ccnc(-c2ccc(-c3nc4c(cc3Cl)nc(OC3COC5C(O)COC35)n4COCC[Si](C)(C)C)cc2)c1. The maximum absolute atomic E-state index is 12.1. The van der Waals surface area contributed by atoms with Gasteiger partial charge in [0, 0.05) is 53.7 Å². The van der Waals surface area contributed by atoms with E-state index in [1.54, 1.807) is 24.6 Å². The quantitative estimate of drug-likeness (QED) is 0.132. The molecule has 0 bridgehead atoms. The van der Waals surface area contributed by atoms with Gasteiger partial charge in [-0.1, -0.05) is 55.5 Å². The third-order valence-corrected chi connectivity index (χ3v) is 10.3. The van der Waals surface area contributed by atoms with Gasteiger partial charge in [0.25, 0.3) is 0 Å². The minimum Gasteiger partial charge on any atom is -0.456 e. The van der Waals surface area contributed by atoms with Gasteiger partial charge in [-0.3, -0.25) is 9.55 Å². The highest BCUT2D eigenvalue weighted by atomic mass is 35.5. The number of hydrogen-bond acceptors (Lipinski definition) is 9. The van der Waals surface area contributed by atoms with E-state index in [1.165, 1.54) is 0 Å². The van der Waals surface area contributed by atoms with Crippen LogP contribution in [-0.2, 0) is 30.6 Å². The van der Waals surface area contributed by atoms with E-state index >= 15 is 0 Å². The van der Waals surface area contributed by atoms with Gasteiger partial charge in [0.05, 0.1) is 29.6 Å². The number of aromatic nitrogens is 4. The molecule has 1 aromatic carbocycles. The highest BCUT2D eigenvalue weighted by Crippen LogP contribution is 2.34. The number of benzene rings is 1. The van der Waals surface area contributed by atoms with Crippen molar-refractivity contribution in [1.29, 1.82) is 0 Å². The standard InChI is InChI=1S/C31H38ClN5O6SSi/c1-44(2,39)36-21-10-11-33-23(14-21)19-6-8-20(9-7-19)27-22(32)15-24-30(35-27)37(18-40-12-13-45(3,4)5)31(34-24)43-26-17-42-28-25(38)16-41-29(26)28/h6-11,14-15,25-26,28-29,38H,1,12-13,16-18H2,2-5H3,(H,33,36,39). The molecule has 4 aromatic rings. The molecule has 14 heteroatoms. The molecule has 0 aliphatic carbocycles. The van der Waals surface area contributed by atoms with Crippen LogP contribution in [0.2, 0.25) is 30.7 Å². The van der Waals surface area contributed by atoms with Gasteiger partial charge in [0.1, 0.15) is 30.6 Å². The molecule has 2 fully saturated rings. The molecule has 5 unspecified atom stereocenters. The second-order valence-electron chi connectivity index (χ2n) is 12.8. The summed E-state index contributed by atoms with van der Waals surface area (Å²) in [6.45, 7) is 8.21. The molecule has 0 radical (unpaired) electrons. The van der Waals surface area contributed by atoms with Crippen molar-refractivity contribution in [3.05, 3.63) is 53.7 Å². The lowest BCUT2D eigenvalue weighted by Crippen LogP contribution is -2.35. The number of nitrogens with one attached hydrogen (secondary N) is 1. The first-order valence-electron chi connectivity index (χ1n) is 14.7. The molecule has 2 saturated heterocycles. The van der Waals surface area contributed by atoms with E-state index in [0.29, 0.717) is 40.2 Å². The van der Waals surface area contributed by atoms with Crippen LogP contribution in [-0.4, -0.2) is 93.3 Å². The molecule has 2 aliphatic heterocycles. The summed E-state index contributed by atoms with van der Waals surface area (Å²) >= 11 is 6.77. The van der Waals surface area contributed by atoms with E-state index in [1.807, 2.05) is 34.9 Å². The summed E-state index contributed by atoms with van der Waals surface area (Å²) in [5.74, 6) is 3.66. The van der Waals surface area contributed by atoms with Gasteiger partial charge < -0.3 is 28.8 Å². The van der Waals surface area contributed by atoms with E-state index in [2.05, 4.69) is 35.2 Å². The average Bonchev–Trinajstić information content (AvgIpc) is 3.64. The zero-order valence-corrected chi connectivity index (χ0v) is 28.3. The van der Waals surface area contributed by atoms with E-state index < -0.39 is 36.1 Å². The Labute approximate surface area is 269 Å². The Morgan fingerprint density at radius 1 is 1.11 bits per heavy atom. The number of pyridine rings is 2. The lowest BCUT2D eigenvalue weighted by atomic mass is 10.1. The maximum Gasteiger partial charge on any atom is 0.301 e.